The largest absolute Gasteiger partial charge is 0.479 e. The number of nitrogens with zero attached hydrogens (tertiary/aromatic N) is 1. The van der Waals surface area contributed by atoms with Crippen molar-refractivity contribution in [3.63, 3.8) is 0 Å². The zero-order valence-corrected chi connectivity index (χ0v) is 14.5. The molecule has 0 bridgehead atoms. The number of benzene rings is 1. The summed E-state index contributed by atoms with van der Waals surface area (Å²) in [5.74, 6) is 0.424. The van der Waals surface area contributed by atoms with Gasteiger partial charge in [0.05, 0.1) is 5.02 Å². The van der Waals surface area contributed by atoms with Gasteiger partial charge in [-0.15, -0.1) is 12.4 Å². The highest BCUT2D eigenvalue weighted by atomic mass is 35.5. The molecule has 1 unspecified atom stereocenters. The van der Waals surface area contributed by atoms with Crippen LogP contribution in [0.5, 0.6) is 5.75 Å². The van der Waals surface area contributed by atoms with Gasteiger partial charge in [-0.25, -0.2) is 0 Å². The van der Waals surface area contributed by atoms with Crippen molar-refractivity contribution in [2.24, 2.45) is 11.1 Å². The molecule has 0 spiro atoms. The van der Waals surface area contributed by atoms with Crippen LogP contribution in [0.15, 0.2) is 24.3 Å². The first-order valence-electron chi connectivity index (χ1n) is 6.63. The van der Waals surface area contributed by atoms with Crippen LogP contribution in [0.3, 0.4) is 0 Å². The summed E-state index contributed by atoms with van der Waals surface area (Å²) in [7, 11) is 1.76. The highest BCUT2D eigenvalue weighted by Crippen LogP contribution is 2.24. The summed E-state index contributed by atoms with van der Waals surface area (Å²) in [5, 5.41) is 0.497. The lowest BCUT2D eigenvalue weighted by Gasteiger charge is -2.30. The predicted octanol–water partition coefficient (Wildman–Crippen LogP) is 2.97. The number of hydrogen-bond acceptors (Lipinski definition) is 3. The number of hydrogen-bond donors (Lipinski definition) is 1. The number of carbonyl (C=O) groups excluding carboxylic acids is 1. The van der Waals surface area contributed by atoms with Gasteiger partial charge in [0.25, 0.3) is 5.91 Å². The minimum atomic E-state index is -0.589. The average molecular weight is 335 g/mol. The van der Waals surface area contributed by atoms with Crippen LogP contribution in [0.1, 0.15) is 20.8 Å². The van der Waals surface area contributed by atoms with Gasteiger partial charge in [0.15, 0.2) is 6.10 Å². The van der Waals surface area contributed by atoms with Crippen molar-refractivity contribution in [1.29, 1.82) is 0 Å². The Morgan fingerprint density at radius 1 is 1.43 bits per heavy atom. The molecule has 1 aromatic carbocycles. The standard InChI is InChI=1S/C15H23ClN2O2.ClH/c1-11(20-13-8-6-5-7-12(13)16)14(19)18(4)10-15(2,3)9-17;/h5-8,11H,9-10,17H2,1-4H3;1H. The van der Waals surface area contributed by atoms with Crippen molar-refractivity contribution in [3.05, 3.63) is 29.3 Å². The molecule has 4 nitrogen and oxygen atoms in total. The maximum absolute atomic E-state index is 12.3. The van der Waals surface area contributed by atoms with Gasteiger partial charge in [0, 0.05) is 13.6 Å². The lowest BCUT2D eigenvalue weighted by Crippen LogP contribution is -2.44. The van der Waals surface area contributed by atoms with Crippen LogP contribution in [-0.4, -0.2) is 37.0 Å². The summed E-state index contributed by atoms with van der Waals surface area (Å²) in [5.41, 5.74) is 5.57. The van der Waals surface area contributed by atoms with Crippen molar-refractivity contribution in [2.45, 2.75) is 26.9 Å². The molecule has 0 saturated carbocycles. The van der Waals surface area contributed by atoms with E-state index in [-0.39, 0.29) is 23.7 Å². The Labute approximate surface area is 138 Å². The summed E-state index contributed by atoms with van der Waals surface area (Å²) in [4.78, 5) is 13.9. The van der Waals surface area contributed by atoms with Gasteiger partial charge in [-0.05, 0) is 31.0 Å². The fourth-order valence-corrected chi connectivity index (χ4v) is 2.06. The molecule has 1 amide bonds. The highest BCUT2D eigenvalue weighted by Gasteiger charge is 2.25. The van der Waals surface area contributed by atoms with Gasteiger partial charge in [0.2, 0.25) is 0 Å². The lowest BCUT2D eigenvalue weighted by atomic mass is 9.93. The number of amides is 1. The van der Waals surface area contributed by atoms with Crippen molar-refractivity contribution in [1.82, 2.24) is 4.90 Å². The van der Waals surface area contributed by atoms with Crippen LogP contribution in [0.4, 0.5) is 0 Å². The molecular weight excluding hydrogens is 311 g/mol. The zero-order chi connectivity index (χ0) is 15.3. The van der Waals surface area contributed by atoms with Crippen LogP contribution >= 0.6 is 24.0 Å². The number of para-hydroxylation sites is 1. The van der Waals surface area contributed by atoms with E-state index in [1.54, 1.807) is 31.0 Å². The number of halogens is 2. The molecule has 0 aliphatic carbocycles. The van der Waals surface area contributed by atoms with E-state index < -0.39 is 6.10 Å². The quantitative estimate of drug-likeness (QED) is 0.870. The number of likely N-dealkylation sites (N-methyl/N-ethyl adjacent to an activating group) is 1. The molecule has 0 aromatic heterocycles. The zero-order valence-electron chi connectivity index (χ0n) is 12.9. The Morgan fingerprint density at radius 2 is 2.00 bits per heavy atom. The molecule has 2 N–H and O–H groups in total. The molecular formula is C15H24Cl2N2O2. The first-order chi connectivity index (χ1) is 9.26. The van der Waals surface area contributed by atoms with Crippen LogP contribution in [0, 0.1) is 5.41 Å². The first-order valence-corrected chi connectivity index (χ1v) is 7.01. The molecule has 1 rings (SSSR count). The molecule has 0 radical (unpaired) electrons. The van der Waals surface area contributed by atoms with Gasteiger partial charge in [-0.3, -0.25) is 4.79 Å². The van der Waals surface area contributed by atoms with E-state index in [0.29, 0.717) is 23.9 Å². The Bertz CT molecular complexity index is 467. The molecule has 1 atom stereocenters. The summed E-state index contributed by atoms with van der Waals surface area (Å²) >= 11 is 6.02. The van der Waals surface area contributed by atoms with Crippen LogP contribution in [0.2, 0.25) is 5.02 Å². The van der Waals surface area contributed by atoms with Gasteiger partial charge in [-0.2, -0.15) is 0 Å². The van der Waals surface area contributed by atoms with Gasteiger partial charge in [0.1, 0.15) is 5.75 Å². The SMILES string of the molecule is CC(Oc1ccccc1Cl)C(=O)N(C)CC(C)(C)CN.Cl. The van der Waals surface area contributed by atoms with Gasteiger partial charge >= 0.3 is 0 Å². The molecule has 0 fully saturated rings. The molecule has 0 aliphatic rings. The smallest absolute Gasteiger partial charge is 0.263 e. The van der Waals surface area contributed by atoms with E-state index in [1.807, 2.05) is 26.0 Å². The maximum atomic E-state index is 12.3. The van der Waals surface area contributed by atoms with E-state index in [2.05, 4.69) is 0 Å². The minimum Gasteiger partial charge on any atom is -0.479 e. The fourth-order valence-electron chi connectivity index (χ4n) is 1.88. The third kappa shape index (κ3) is 6.12. The predicted molar refractivity (Wildman–Crippen MR) is 89.3 cm³/mol. The number of carbonyl (C=O) groups is 1. The third-order valence-electron chi connectivity index (χ3n) is 3.08. The van der Waals surface area contributed by atoms with Crippen molar-refractivity contribution in [2.75, 3.05) is 20.1 Å². The summed E-state index contributed by atoms with van der Waals surface area (Å²) in [6.45, 7) is 6.87. The summed E-state index contributed by atoms with van der Waals surface area (Å²) < 4.78 is 5.62. The molecule has 21 heavy (non-hydrogen) atoms. The second-order valence-corrected chi connectivity index (χ2v) is 6.16. The Hall–Kier alpha value is -0.970. The average Bonchev–Trinajstić information content (AvgIpc) is 2.40. The Kier molecular flexibility index (Phi) is 8.08. The molecule has 0 heterocycles. The molecule has 1 aromatic rings. The number of rotatable bonds is 6. The lowest BCUT2D eigenvalue weighted by molar-refractivity contribution is -0.137. The number of nitrogens with two attached hydrogens (primary N) is 1. The molecule has 6 heteroatoms. The normalized spacial score (nSPS) is 12.3. The molecule has 0 aliphatic heterocycles. The summed E-state index contributed by atoms with van der Waals surface area (Å²) in [6.07, 6.45) is -0.589. The van der Waals surface area contributed by atoms with Gasteiger partial charge < -0.3 is 15.4 Å². The summed E-state index contributed by atoms with van der Waals surface area (Å²) in [6, 6.07) is 7.11. The van der Waals surface area contributed by atoms with Crippen LogP contribution < -0.4 is 10.5 Å². The Balaban J connectivity index is 0.00000400. The first kappa shape index (κ1) is 20.0. The van der Waals surface area contributed by atoms with E-state index in [1.165, 1.54) is 0 Å². The second-order valence-electron chi connectivity index (χ2n) is 5.75. The van der Waals surface area contributed by atoms with Crippen LogP contribution in [0.25, 0.3) is 0 Å². The van der Waals surface area contributed by atoms with E-state index in [4.69, 9.17) is 22.1 Å². The topological polar surface area (TPSA) is 55.6 Å². The van der Waals surface area contributed by atoms with E-state index >= 15 is 0 Å². The molecule has 120 valence electrons. The van der Waals surface area contributed by atoms with Crippen LogP contribution in [-0.2, 0) is 4.79 Å². The monoisotopic (exact) mass is 334 g/mol. The van der Waals surface area contributed by atoms with E-state index in [9.17, 15) is 4.79 Å². The van der Waals surface area contributed by atoms with Crippen molar-refractivity contribution >= 4 is 29.9 Å². The Morgan fingerprint density at radius 3 is 2.52 bits per heavy atom. The minimum absolute atomic E-state index is 0. The number of ether oxygens (including phenoxy) is 1. The van der Waals surface area contributed by atoms with E-state index in [0.717, 1.165) is 0 Å². The molecule has 0 saturated heterocycles. The fraction of sp³-hybridized carbons (Fsp3) is 0.533. The van der Waals surface area contributed by atoms with Crippen molar-refractivity contribution in [3.8, 4) is 5.75 Å². The third-order valence-corrected chi connectivity index (χ3v) is 3.39. The maximum Gasteiger partial charge on any atom is 0.263 e. The van der Waals surface area contributed by atoms with Crippen molar-refractivity contribution < 1.29 is 9.53 Å². The second kappa shape index (κ2) is 8.47. The van der Waals surface area contributed by atoms with Gasteiger partial charge in [-0.1, -0.05) is 37.6 Å². The highest BCUT2D eigenvalue weighted by molar-refractivity contribution is 6.32.